The number of amides is 1. The summed E-state index contributed by atoms with van der Waals surface area (Å²) in [6, 6.07) is 15.5. The van der Waals surface area contributed by atoms with Crippen molar-refractivity contribution in [1.82, 2.24) is 9.80 Å². The average Bonchev–Trinajstić information content (AvgIpc) is 3.54. The SMILES string of the molecule is O=CC1Nc2ccc(C(=O)CCN3CCN(C(=O)C4CC4c4ccccc4)CC3)cc2O1. The minimum Gasteiger partial charge on any atom is -0.461 e. The molecular formula is C25H27N3O4. The van der Waals surface area contributed by atoms with Crippen molar-refractivity contribution in [1.29, 1.82) is 0 Å². The molecule has 1 N–H and O–H groups in total. The minimum atomic E-state index is -0.687. The zero-order valence-corrected chi connectivity index (χ0v) is 17.9. The predicted octanol–water partition coefficient (Wildman–Crippen LogP) is 2.54. The smallest absolute Gasteiger partial charge is 0.226 e. The van der Waals surface area contributed by atoms with Gasteiger partial charge in [-0.05, 0) is 36.1 Å². The molecule has 3 aliphatic rings. The molecule has 1 saturated heterocycles. The maximum Gasteiger partial charge on any atom is 0.226 e. The first-order chi connectivity index (χ1) is 15.6. The van der Waals surface area contributed by atoms with E-state index in [1.165, 1.54) is 5.56 Å². The highest BCUT2D eigenvalue weighted by Gasteiger charge is 2.45. The highest BCUT2D eigenvalue weighted by atomic mass is 16.5. The van der Waals surface area contributed by atoms with Gasteiger partial charge in [0.1, 0.15) is 5.75 Å². The number of Topliss-reactive ketones (excluding diaryl/α,β-unsaturated/α-hetero) is 1. The lowest BCUT2D eigenvalue weighted by Gasteiger charge is -2.34. The Morgan fingerprint density at radius 1 is 1.06 bits per heavy atom. The van der Waals surface area contributed by atoms with Crippen molar-refractivity contribution in [2.75, 3.05) is 38.0 Å². The van der Waals surface area contributed by atoms with E-state index >= 15 is 0 Å². The Balaban J connectivity index is 1.07. The van der Waals surface area contributed by atoms with Crippen molar-refractivity contribution in [3.8, 4) is 5.75 Å². The highest BCUT2D eigenvalue weighted by molar-refractivity contribution is 5.97. The maximum atomic E-state index is 12.9. The van der Waals surface area contributed by atoms with Gasteiger partial charge in [-0.3, -0.25) is 19.3 Å². The standard InChI is InChI=1S/C25H27N3O4/c29-16-24-26-21-7-6-18(14-23(21)32-24)22(30)8-9-27-10-12-28(13-11-27)25(31)20-15-19(20)17-4-2-1-3-5-17/h1-7,14,16,19-20,24,26H,8-13,15H2. The topological polar surface area (TPSA) is 79.0 Å². The predicted molar refractivity (Wildman–Crippen MR) is 120 cm³/mol. The second-order valence-corrected chi connectivity index (χ2v) is 8.73. The fourth-order valence-electron chi connectivity index (χ4n) is 4.66. The molecule has 2 aliphatic heterocycles. The number of fused-ring (bicyclic) bond motifs is 1. The van der Waals surface area contributed by atoms with Crippen LogP contribution < -0.4 is 10.1 Å². The van der Waals surface area contributed by atoms with E-state index in [2.05, 4.69) is 22.3 Å². The fourth-order valence-corrected chi connectivity index (χ4v) is 4.66. The van der Waals surface area contributed by atoms with Crippen LogP contribution in [0.2, 0.25) is 0 Å². The van der Waals surface area contributed by atoms with E-state index in [-0.39, 0.29) is 17.6 Å². The van der Waals surface area contributed by atoms with Crippen molar-refractivity contribution < 1.29 is 19.1 Å². The summed E-state index contributed by atoms with van der Waals surface area (Å²) in [6.45, 7) is 3.69. The largest absolute Gasteiger partial charge is 0.461 e. The Kier molecular flexibility index (Phi) is 5.66. The fraction of sp³-hybridized carbons (Fsp3) is 0.400. The lowest BCUT2D eigenvalue weighted by molar-refractivity contribution is -0.134. The first-order valence-corrected chi connectivity index (χ1v) is 11.2. The number of benzene rings is 2. The number of carbonyl (C=O) groups excluding carboxylic acids is 3. The molecule has 166 valence electrons. The number of hydrogen-bond acceptors (Lipinski definition) is 6. The monoisotopic (exact) mass is 433 g/mol. The van der Waals surface area contributed by atoms with Gasteiger partial charge < -0.3 is 15.0 Å². The van der Waals surface area contributed by atoms with Crippen LogP contribution in [0.1, 0.15) is 34.7 Å². The van der Waals surface area contributed by atoms with E-state index in [0.29, 0.717) is 36.5 Å². The number of ether oxygens (including phenoxy) is 1. The van der Waals surface area contributed by atoms with Crippen LogP contribution in [0, 0.1) is 5.92 Å². The molecule has 7 heteroatoms. The van der Waals surface area contributed by atoms with E-state index in [0.717, 1.165) is 38.3 Å². The van der Waals surface area contributed by atoms with Gasteiger partial charge in [0.05, 0.1) is 5.69 Å². The molecule has 3 atom stereocenters. The third-order valence-corrected chi connectivity index (χ3v) is 6.65. The summed E-state index contributed by atoms with van der Waals surface area (Å²) in [5, 5.41) is 2.93. The van der Waals surface area contributed by atoms with Crippen molar-refractivity contribution >= 4 is 23.7 Å². The van der Waals surface area contributed by atoms with Crippen LogP contribution in [-0.2, 0) is 9.59 Å². The van der Waals surface area contributed by atoms with E-state index < -0.39 is 6.23 Å². The normalized spacial score (nSPS) is 24.2. The molecule has 1 saturated carbocycles. The molecule has 0 spiro atoms. The Bertz CT molecular complexity index is 1020. The number of carbonyl (C=O) groups is 3. The van der Waals surface area contributed by atoms with Gasteiger partial charge in [0.2, 0.25) is 12.1 Å². The molecule has 2 fully saturated rings. The maximum absolute atomic E-state index is 12.9. The Labute approximate surface area is 187 Å². The van der Waals surface area contributed by atoms with Gasteiger partial charge in [-0.2, -0.15) is 0 Å². The minimum absolute atomic E-state index is 0.0492. The van der Waals surface area contributed by atoms with E-state index in [9.17, 15) is 14.4 Å². The lowest BCUT2D eigenvalue weighted by Crippen LogP contribution is -2.49. The summed E-state index contributed by atoms with van der Waals surface area (Å²) in [5.74, 6) is 1.35. The summed E-state index contributed by atoms with van der Waals surface area (Å²) in [6.07, 6.45) is 1.37. The third-order valence-electron chi connectivity index (χ3n) is 6.65. The molecule has 2 aromatic rings. The number of hydrogen-bond donors (Lipinski definition) is 1. The second kappa shape index (κ2) is 8.74. The highest BCUT2D eigenvalue weighted by Crippen LogP contribution is 2.48. The van der Waals surface area contributed by atoms with Crippen LogP contribution in [0.3, 0.4) is 0 Å². The van der Waals surface area contributed by atoms with Gasteiger partial charge in [-0.25, -0.2) is 0 Å². The molecule has 0 bridgehead atoms. The van der Waals surface area contributed by atoms with Crippen LogP contribution in [0.4, 0.5) is 5.69 Å². The summed E-state index contributed by atoms with van der Waals surface area (Å²) < 4.78 is 5.46. The molecule has 0 radical (unpaired) electrons. The van der Waals surface area contributed by atoms with Crippen LogP contribution in [0.25, 0.3) is 0 Å². The van der Waals surface area contributed by atoms with E-state index in [1.807, 2.05) is 23.1 Å². The summed E-state index contributed by atoms with van der Waals surface area (Å²) >= 11 is 0. The van der Waals surface area contributed by atoms with Gasteiger partial charge in [-0.1, -0.05) is 30.3 Å². The number of piperazine rings is 1. The first-order valence-electron chi connectivity index (χ1n) is 11.2. The van der Waals surface area contributed by atoms with Crippen molar-refractivity contribution in [2.45, 2.75) is 25.0 Å². The van der Waals surface area contributed by atoms with Gasteiger partial charge in [0.15, 0.2) is 12.1 Å². The first kappa shape index (κ1) is 20.7. The summed E-state index contributed by atoms with van der Waals surface area (Å²) in [7, 11) is 0. The quantitative estimate of drug-likeness (QED) is 0.534. The van der Waals surface area contributed by atoms with Gasteiger partial charge in [0.25, 0.3) is 0 Å². The lowest BCUT2D eigenvalue weighted by atomic mass is 10.1. The number of aldehydes is 1. The van der Waals surface area contributed by atoms with Crippen molar-refractivity contribution in [2.24, 2.45) is 5.92 Å². The number of ketones is 1. The molecule has 7 nitrogen and oxygen atoms in total. The zero-order chi connectivity index (χ0) is 22.1. The molecule has 5 rings (SSSR count). The molecule has 2 aromatic carbocycles. The van der Waals surface area contributed by atoms with Crippen LogP contribution in [-0.4, -0.2) is 66.7 Å². The Morgan fingerprint density at radius 2 is 1.84 bits per heavy atom. The summed E-state index contributed by atoms with van der Waals surface area (Å²) in [5.41, 5.74) is 2.58. The molecule has 32 heavy (non-hydrogen) atoms. The zero-order valence-electron chi connectivity index (χ0n) is 17.9. The van der Waals surface area contributed by atoms with Crippen molar-refractivity contribution in [3.05, 3.63) is 59.7 Å². The third kappa shape index (κ3) is 4.25. The van der Waals surface area contributed by atoms with Gasteiger partial charge in [-0.15, -0.1) is 0 Å². The second-order valence-electron chi connectivity index (χ2n) is 8.73. The van der Waals surface area contributed by atoms with Gasteiger partial charge >= 0.3 is 0 Å². The Hall–Kier alpha value is -3.19. The van der Waals surface area contributed by atoms with Crippen LogP contribution >= 0.6 is 0 Å². The van der Waals surface area contributed by atoms with E-state index in [1.54, 1.807) is 18.2 Å². The number of nitrogens with zero attached hydrogens (tertiary/aromatic N) is 2. The molecule has 3 unspecified atom stereocenters. The molecule has 2 heterocycles. The number of anilines is 1. The number of rotatable bonds is 7. The molecular weight excluding hydrogens is 406 g/mol. The molecule has 0 aromatic heterocycles. The van der Waals surface area contributed by atoms with Gasteiger partial charge in [0, 0.05) is 50.6 Å². The summed E-state index contributed by atoms with van der Waals surface area (Å²) in [4.78, 5) is 40.6. The van der Waals surface area contributed by atoms with Crippen LogP contribution in [0.15, 0.2) is 48.5 Å². The Morgan fingerprint density at radius 3 is 2.59 bits per heavy atom. The number of nitrogens with one attached hydrogen (secondary N) is 1. The average molecular weight is 434 g/mol. The molecule has 1 aliphatic carbocycles. The van der Waals surface area contributed by atoms with E-state index in [4.69, 9.17) is 4.74 Å². The van der Waals surface area contributed by atoms with Crippen LogP contribution in [0.5, 0.6) is 5.75 Å². The van der Waals surface area contributed by atoms with Crippen molar-refractivity contribution in [3.63, 3.8) is 0 Å². The molecule has 1 amide bonds.